The first kappa shape index (κ1) is 12.8. The minimum atomic E-state index is -0.237. The number of rotatable bonds is 3. The van der Waals surface area contributed by atoms with Gasteiger partial charge in [-0.15, -0.1) is 0 Å². The van der Waals surface area contributed by atoms with E-state index >= 15 is 0 Å². The van der Waals surface area contributed by atoms with E-state index in [-0.39, 0.29) is 24.3 Å². The second-order valence-corrected chi connectivity index (χ2v) is 4.73. The zero-order chi connectivity index (χ0) is 13.0. The summed E-state index contributed by atoms with van der Waals surface area (Å²) in [4.78, 5) is 23.4. The third kappa shape index (κ3) is 3.40. The van der Waals surface area contributed by atoms with Gasteiger partial charge >= 0.3 is 0 Å². The molecule has 1 saturated heterocycles. The lowest BCUT2D eigenvalue weighted by molar-refractivity contribution is -0.131. The third-order valence-electron chi connectivity index (χ3n) is 3.09. The van der Waals surface area contributed by atoms with Crippen molar-refractivity contribution in [1.82, 2.24) is 10.6 Å². The Kier molecular flexibility index (Phi) is 4.10. The second-order valence-electron chi connectivity index (χ2n) is 4.73. The van der Waals surface area contributed by atoms with Gasteiger partial charge in [0.2, 0.25) is 11.8 Å². The first-order valence-corrected chi connectivity index (χ1v) is 6.28. The van der Waals surface area contributed by atoms with Crippen LogP contribution in [0.3, 0.4) is 0 Å². The number of imide groups is 1. The van der Waals surface area contributed by atoms with Gasteiger partial charge < -0.3 is 5.32 Å². The molecule has 1 fully saturated rings. The van der Waals surface area contributed by atoms with Crippen molar-refractivity contribution in [2.45, 2.75) is 32.2 Å². The van der Waals surface area contributed by atoms with Gasteiger partial charge in [-0.2, -0.15) is 0 Å². The van der Waals surface area contributed by atoms with Crippen molar-refractivity contribution in [3.05, 3.63) is 35.4 Å². The zero-order valence-electron chi connectivity index (χ0n) is 10.5. The first-order valence-electron chi connectivity index (χ1n) is 6.28. The fraction of sp³-hybridized carbons (Fsp3) is 0.429. The topological polar surface area (TPSA) is 58.2 Å². The van der Waals surface area contributed by atoms with E-state index in [1.807, 2.05) is 31.2 Å². The lowest BCUT2D eigenvalue weighted by Gasteiger charge is -2.10. The van der Waals surface area contributed by atoms with Crippen LogP contribution in [0.25, 0.3) is 0 Å². The highest BCUT2D eigenvalue weighted by molar-refractivity contribution is 5.98. The van der Waals surface area contributed by atoms with Gasteiger partial charge in [0.15, 0.2) is 0 Å². The molecule has 1 atom stereocenters. The molecular weight excluding hydrogens is 228 g/mol. The zero-order valence-corrected chi connectivity index (χ0v) is 10.5. The van der Waals surface area contributed by atoms with Crippen LogP contribution in [0.2, 0.25) is 0 Å². The Morgan fingerprint density at radius 2 is 2.28 bits per heavy atom. The Balaban J connectivity index is 1.86. The number of benzene rings is 1. The number of hydrogen-bond acceptors (Lipinski definition) is 3. The first-order chi connectivity index (χ1) is 8.65. The Bertz CT molecular complexity index is 451. The van der Waals surface area contributed by atoms with E-state index in [9.17, 15) is 9.59 Å². The van der Waals surface area contributed by atoms with E-state index in [2.05, 4.69) is 10.6 Å². The molecule has 4 nitrogen and oxygen atoms in total. The molecule has 96 valence electrons. The summed E-state index contributed by atoms with van der Waals surface area (Å²) in [7, 11) is 0. The van der Waals surface area contributed by atoms with Crippen molar-refractivity contribution in [3.63, 3.8) is 0 Å². The Morgan fingerprint density at radius 1 is 1.44 bits per heavy atom. The average Bonchev–Trinajstić information content (AvgIpc) is 2.81. The molecule has 1 aromatic rings. The standard InChI is InChI=1S/C14H18N2O2/c1-10-4-2-5-11(8-10)9-13(17)16-14(18)12-6-3-7-15-12/h2,4-5,8,12,15H,3,6-7,9H2,1H3,(H,16,17,18). The molecule has 18 heavy (non-hydrogen) atoms. The van der Waals surface area contributed by atoms with E-state index in [1.54, 1.807) is 0 Å². The van der Waals surface area contributed by atoms with Gasteiger partial charge in [0, 0.05) is 0 Å². The molecule has 2 amide bonds. The smallest absolute Gasteiger partial charge is 0.243 e. The van der Waals surface area contributed by atoms with Crippen LogP contribution >= 0.6 is 0 Å². The van der Waals surface area contributed by atoms with Crippen molar-refractivity contribution >= 4 is 11.8 Å². The van der Waals surface area contributed by atoms with E-state index in [0.29, 0.717) is 0 Å². The highest BCUT2D eigenvalue weighted by Gasteiger charge is 2.23. The molecule has 2 rings (SSSR count). The van der Waals surface area contributed by atoms with Gasteiger partial charge in [-0.1, -0.05) is 29.8 Å². The van der Waals surface area contributed by atoms with Crippen LogP contribution in [0.1, 0.15) is 24.0 Å². The summed E-state index contributed by atoms with van der Waals surface area (Å²) in [6, 6.07) is 7.54. The summed E-state index contributed by atoms with van der Waals surface area (Å²) in [5.74, 6) is -0.440. The molecule has 0 aromatic heterocycles. The fourth-order valence-corrected chi connectivity index (χ4v) is 2.18. The van der Waals surface area contributed by atoms with Crippen molar-refractivity contribution in [1.29, 1.82) is 0 Å². The molecule has 1 aliphatic heterocycles. The van der Waals surface area contributed by atoms with Crippen molar-refractivity contribution in [2.75, 3.05) is 6.54 Å². The quantitative estimate of drug-likeness (QED) is 0.834. The Morgan fingerprint density at radius 3 is 2.94 bits per heavy atom. The molecule has 0 aliphatic carbocycles. The van der Waals surface area contributed by atoms with Gasteiger partial charge in [-0.05, 0) is 31.9 Å². The molecule has 1 heterocycles. The third-order valence-corrected chi connectivity index (χ3v) is 3.09. The summed E-state index contributed by atoms with van der Waals surface area (Å²) in [6.45, 7) is 2.83. The van der Waals surface area contributed by atoms with Crippen LogP contribution in [-0.4, -0.2) is 24.4 Å². The van der Waals surface area contributed by atoms with Crippen LogP contribution in [0, 0.1) is 6.92 Å². The fourth-order valence-electron chi connectivity index (χ4n) is 2.18. The molecule has 0 radical (unpaired) electrons. The van der Waals surface area contributed by atoms with Gasteiger partial charge in [0.1, 0.15) is 0 Å². The van der Waals surface area contributed by atoms with Crippen LogP contribution in [0.4, 0.5) is 0 Å². The molecular formula is C14H18N2O2. The maximum Gasteiger partial charge on any atom is 0.243 e. The van der Waals surface area contributed by atoms with Gasteiger partial charge in [-0.25, -0.2) is 0 Å². The Labute approximate surface area is 107 Å². The number of hydrogen-bond donors (Lipinski definition) is 2. The monoisotopic (exact) mass is 246 g/mol. The van der Waals surface area contributed by atoms with Crippen LogP contribution in [-0.2, 0) is 16.0 Å². The van der Waals surface area contributed by atoms with E-state index in [1.165, 1.54) is 0 Å². The van der Waals surface area contributed by atoms with Crippen LogP contribution in [0.15, 0.2) is 24.3 Å². The molecule has 0 spiro atoms. The average molecular weight is 246 g/mol. The summed E-state index contributed by atoms with van der Waals surface area (Å²) in [6.07, 6.45) is 2.05. The SMILES string of the molecule is Cc1cccc(CC(=O)NC(=O)C2CCCN2)c1. The van der Waals surface area contributed by atoms with E-state index in [0.717, 1.165) is 30.5 Å². The minimum Gasteiger partial charge on any atom is -0.306 e. The lowest BCUT2D eigenvalue weighted by atomic mass is 10.1. The van der Waals surface area contributed by atoms with Crippen molar-refractivity contribution in [2.24, 2.45) is 0 Å². The summed E-state index contributed by atoms with van der Waals surface area (Å²) < 4.78 is 0. The van der Waals surface area contributed by atoms with Crippen LogP contribution in [0.5, 0.6) is 0 Å². The molecule has 4 heteroatoms. The van der Waals surface area contributed by atoms with Crippen molar-refractivity contribution in [3.8, 4) is 0 Å². The largest absolute Gasteiger partial charge is 0.306 e. The molecule has 0 bridgehead atoms. The van der Waals surface area contributed by atoms with Crippen molar-refractivity contribution < 1.29 is 9.59 Å². The number of carbonyl (C=O) groups excluding carboxylic acids is 2. The minimum absolute atomic E-state index is 0.202. The molecule has 0 saturated carbocycles. The number of aryl methyl sites for hydroxylation is 1. The maximum absolute atomic E-state index is 11.7. The maximum atomic E-state index is 11.7. The highest BCUT2D eigenvalue weighted by Crippen LogP contribution is 2.06. The molecule has 1 aliphatic rings. The summed E-state index contributed by atoms with van der Waals surface area (Å²) in [5, 5.41) is 5.52. The Hall–Kier alpha value is -1.68. The number of amides is 2. The lowest BCUT2D eigenvalue weighted by Crippen LogP contribution is -2.43. The molecule has 1 aromatic carbocycles. The number of nitrogens with one attached hydrogen (secondary N) is 2. The molecule has 2 N–H and O–H groups in total. The van der Waals surface area contributed by atoms with Crippen LogP contribution < -0.4 is 10.6 Å². The molecule has 1 unspecified atom stereocenters. The summed E-state index contributed by atoms with van der Waals surface area (Å²) in [5.41, 5.74) is 2.05. The normalized spacial score (nSPS) is 18.6. The van der Waals surface area contributed by atoms with E-state index < -0.39 is 0 Å². The predicted molar refractivity (Wildman–Crippen MR) is 69.1 cm³/mol. The van der Waals surface area contributed by atoms with E-state index in [4.69, 9.17) is 0 Å². The van der Waals surface area contributed by atoms with Gasteiger partial charge in [0.25, 0.3) is 0 Å². The van der Waals surface area contributed by atoms with Gasteiger partial charge in [-0.3, -0.25) is 14.9 Å². The number of carbonyl (C=O) groups is 2. The predicted octanol–water partition coefficient (Wildman–Crippen LogP) is 0.932. The van der Waals surface area contributed by atoms with Gasteiger partial charge in [0.05, 0.1) is 12.5 Å². The second kappa shape index (κ2) is 5.78. The highest BCUT2D eigenvalue weighted by atomic mass is 16.2. The summed E-state index contributed by atoms with van der Waals surface area (Å²) >= 11 is 0.